The summed E-state index contributed by atoms with van der Waals surface area (Å²) in [5.41, 5.74) is 5.52. The third kappa shape index (κ3) is 5.17. The predicted molar refractivity (Wildman–Crippen MR) is 60.9 cm³/mol. The van der Waals surface area contributed by atoms with Gasteiger partial charge in [-0.1, -0.05) is 49.0 Å². The number of nitrogens with two attached hydrogens (primary N) is 1. The first-order valence-corrected chi connectivity index (χ1v) is 4.28. The molecule has 0 heterocycles. The van der Waals surface area contributed by atoms with Gasteiger partial charge in [0.2, 0.25) is 5.91 Å². The average Bonchev–Trinajstić information content (AvgIpc) is 2.19. The first kappa shape index (κ1) is 12.5. The highest BCUT2D eigenvalue weighted by atomic mass is 35.5. The topological polar surface area (TPSA) is 43.1 Å². The zero-order valence-electron chi connectivity index (χ0n) is 7.74. The number of primary amides is 1. The van der Waals surface area contributed by atoms with Crippen molar-refractivity contribution in [1.29, 1.82) is 0 Å². The second-order valence-electron chi connectivity index (χ2n) is 2.33. The van der Waals surface area contributed by atoms with Crippen molar-refractivity contribution in [3.8, 4) is 0 Å². The van der Waals surface area contributed by atoms with Crippen LogP contribution in [0.15, 0.2) is 43.5 Å². The molecule has 3 heteroatoms. The van der Waals surface area contributed by atoms with Gasteiger partial charge in [-0.05, 0) is 17.7 Å². The fraction of sp³-hybridized carbons (Fsp3) is 0. The molecule has 1 amide bonds. The van der Waals surface area contributed by atoms with Crippen molar-refractivity contribution in [1.82, 2.24) is 0 Å². The van der Waals surface area contributed by atoms with Gasteiger partial charge in [0, 0.05) is 5.02 Å². The second kappa shape index (κ2) is 6.92. The quantitative estimate of drug-likeness (QED) is 0.748. The van der Waals surface area contributed by atoms with E-state index in [0.29, 0.717) is 0 Å². The molecule has 0 aliphatic rings. The fourth-order valence-corrected chi connectivity index (χ4v) is 0.854. The van der Waals surface area contributed by atoms with E-state index in [1.807, 2.05) is 24.3 Å². The fourth-order valence-electron chi connectivity index (χ4n) is 0.641. The Balaban J connectivity index is 0.000000292. The molecule has 1 aromatic rings. The molecule has 0 aliphatic carbocycles. The summed E-state index contributed by atoms with van der Waals surface area (Å²) in [7, 11) is 0. The lowest BCUT2D eigenvalue weighted by molar-refractivity contribution is -0.113. The highest BCUT2D eigenvalue weighted by Gasteiger charge is 1.89. The van der Waals surface area contributed by atoms with Crippen LogP contribution in [0, 0.1) is 0 Å². The van der Waals surface area contributed by atoms with Gasteiger partial charge in [0.05, 0.1) is 0 Å². The van der Waals surface area contributed by atoms with E-state index < -0.39 is 5.91 Å². The number of carbonyl (C=O) groups excluding carboxylic acids is 1. The normalized spacial score (nSPS) is 8.07. The zero-order chi connectivity index (χ0) is 11.0. The molecule has 14 heavy (non-hydrogen) atoms. The van der Waals surface area contributed by atoms with Crippen molar-refractivity contribution in [3.63, 3.8) is 0 Å². The maximum atomic E-state index is 9.47. The smallest absolute Gasteiger partial charge is 0.240 e. The Labute approximate surface area is 88.7 Å². The standard InChI is InChI=1S/C8H7Cl.C3H5NO/c1-2-7-5-3-4-6-8(7)9;1-2-3(4)5/h2-6H,1H2;2H,1H2,(H2,4,5). The van der Waals surface area contributed by atoms with Crippen molar-refractivity contribution in [3.05, 3.63) is 54.1 Å². The molecule has 0 saturated carbocycles. The van der Waals surface area contributed by atoms with Crippen LogP contribution in [0.4, 0.5) is 0 Å². The van der Waals surface area contributed by atoms with Gasteiger partial charge >= 0.3 is 0 Å². The number of hydrogen-bond acceptors (Lipinski definition) is 1. The molecule has 0 saturated heterocycles. The molecule has 0 bridgehead atoms. The molecule has 2 nitrogen and oxygen atoms in total. The molecule has 0 radical (unpaired) electrons. The van der Waals surface area contributed by atoms with Crippen molar-refractivity contribution >= 4 is 23.6 Å². The summed E-state index contributed by atoms with van der Waals surface area (Å²) in [6.07, 6.45) is 2.79. The summed E-state index contributed by atoms with van der Waals surface area (Å²) >= 11 is 5.75. The summed E-state index contributed by atoms with van der Waals surface area (Å²) in [6, 6.07) is 7.60. The monoisotopic (exact) mass is 209 g/mol. The Kier molecular flexibility index (Phi) is 6.16. The molecule has 0 fully saturated rings. The van der Waals surface area contributed by atoms with Crippen LogP contribution in [-0.4, -0.2) is 5.91 Å². The Morgan fingerprint density at radius 3 is 2.14 bits per heavy atom. The van der Waals surface area contributed by atoms with E-state index in [0.717, 1.165) is 16.7 Å². The van der Waals surface area contributed by atoms with E-state index in [1.54, 1.807) is 6.08 Å². The SMILES string of the molecule is C=CC(N)=O.C=Cc1ccccc1Cl. The number of hydrogen-bond donors (Lipinski definition) is 1. The third-order valence-electron chi connectivity index (χ3n) is 1.33. The minimum Gasteiger partial charge on any atom is -0.366 e. The Morgan fingerprint density at radius 2 is 1.86 bits per heavy atom. The lowest BCUT2D eigenvalue weighted by Gasteiger charge is -1.92. The number of amides is 1. The Bertz CT molecular complexity index is 334. The molecule has 0 aliphatic heterocycles. The van der Waals surface area contributed by atoms with Crippen LogP contribution in [-0.2, 0) is 4.79 Å². The molecule has 74 valence electrons. The van der Waals surface area contributed by atoms with Gasteiger partial charge in [-0.3, -0.25) is 4.79 Å². The number of halogens is 1. The van der Waals surface area contributed by atoms with Crippen LogP contribution in [0.1, 0.15) is 5.56 Å². The van der Waals surface area contributed by atoms with E-state index >= 15 is 0 Å². The summed E-state index contributed by atoms with van der Waals surface area (Å²) in [5.74, 6) is -0.481. The first-order chi connectivity index (χ1) is 6.61. The number of rotatable bonds is 2. The van der Waals surface area contributed by atoms with Crippen molar-refractivity contribution in [2.45, 2.75) is 0 Å². The molecule has 1 rings (SSSR count). The molecular weight excluding hydrogens is 198 g/mol. The van der Waals surface area contributed by atoms with Crippen LogP contribution in [0.5, 0.6) is 0 Å². The molecule has 1 aromatic carbocycles. The van der Waals surface area contributed by atoms with Crippen LogP contribution in [0.25, 0.3) is 6.08 Å². The number of carbonyl (C=O) groups is 1. The van der Waals surface area contributed by atoms with E-state index in [2.05, 4.69) is 18.9 Å². The summed E-state index contributed by atoms with van der Waals surface area (Å²) in [4.78, 5) is 9.47. The molecular formula is C11H12ClNO. The molecule has 2 N–H and O–H groups in total. The van der Waals surface area contributed by atoms with Gasteiger partial charge < -0.3 is 5.73 Å². The van der Waals surface area contributed by atoms with Gasteiger partial charge in [0.1, 0.15) is 0 Å². The van der Waals surface area contributed by atoms with Gasteiger partial charge in [0.25, 0.3) is 0 Å². The van der Waals surface area contributed by atoms with E-state index in [9.17, 15) is 4.79 Å². The molecule has 0 atom stereocenters. The van der Waals surface area contributed by atoms with E-state index in [4.69, 9.17) is 11.6 Å². The summed E-state index contributed by atoms with van der Waals surface area (Å²) < 4.78 is 0. The highest BCUT2D eigenvalue weighted by Crippen LogP contribution is 2.14. The van der Waals surface area contributed by atoms with Crippen LogP contribution >= 0.6 is 11.6 Å². The minimum absolute atomic E-state index is 0.481. The second-order valence-corrected chi connectivity index (χ2v) is 2.74. The van der Waals surface area contributed by atoms with Gasteiger partial charge in [-0.2, -0.15) is 0 Å². The van der Waals surface area contributed by atoms with Gasteiger partial charge in [-0.25, -0.2) is 0 Å². The minimum atomic E-state index is -0.481. The molecule has 0 aromatic heterocycles. The van der Waals surface area contributed by atoms with Crippen LogP contribution in [0.3, 0.4) is 0 Å². The molecule has 0 spiro atoms. The zero-order valence-corrected chi connectivity index (χ0v) is 8.50. The lowest BCUT2D eigenvalue weighted by Crippen LogP contribution is -2.04. The maximum Gasteiger partial charge on any atom is 0.240 e. The van der Waals surface area contributed by atoms with E-state index in [-0.39, 0.29) is 0 Å². The molecule has 0 unspecified atom stereocenters. The Morgan fingerprint density at radius 1 is 1.36 bits per heavy atom. The van der Waals surface area contributed by atoms with Crippen LogP contribution in [0.2, 0.25) is 5.02 Å². The van der Waals surface area contributed by atoms with Gasteiger partial charge in [0.15, 0.2) is 0 Å². The van der Waals surface area contributed by atoms with Crippen molar-refractivity contribution < 1.29 is 4.79 Å². The largest absolute Gasteiger partial charge is 0.366 e. The first-order valence-electron chi connectivity index (χ1n) is 3.90. The maximum absolute atomic E-state index is 9.47. The average molecular weight is 210 g/mol. The lowest BCUT2D eigenvalue weighted by atomic mass is 10.2. The number of benzene rings is 1. The Hall–Kier alpha value is -1.54. The van der Waals surface area contributed by atoms with Crippen LogP contribution < -0.4 is 5.73 Å². The highest BCUT2D eigenvalue weighted by molar-refractivity contribution is 6.32. The summed E-state index contributed by atoms with van der Waals surface area (Å²) in [6.45, 7) is 6.69. The van der Waals surface area contributed by atoms with E-state index in [1.165, 1.54) is 0 Å². The predicted octanol–water partition coefficient (Wildman–Crippen LogP) is 2.64. The summed E-state index contributed by atoms with van der Waals surface area (Å²) in [5, 5.41) is 0.757. The third-order valence-corrected chi connectivity index (χ3v) is 1.67. The van der Waals surface area contributed by atoms with Crippen molar-refractivity contribution in [2.75, 3.05) is 0 Å². The van der Waals surface area contributed by atoms with Gasteiger partial charge in [-0.15, -0.1) is 0 Å². The van der Waals surface area contributed by atoms with Crippen molar-refractivity contribution in [2.24, 2.45) is 5.73 Å².